The zero-order valence-electron chi connectivity index (χ0n) is 15.6. The van der Waals surface area contributed by atoms with E-state index in [0.29, 0.717) is 23.3 Å². The van der Waals surface area contributed by atoms with Crippen LogP contribution < -0.4 is 15.7 Å². The molecule has 144 valence electrons. The van der Waals surface area contributed by atoms with Gasteiger partial charge < -0.3 is 19.6 Å². The zero-order valence-corrected chi connectivity index (χ0v) is 15.6. The number of rotatable bonds is 5. The molecule has 0 bridgehead atoms. The highest BCUT2D eigenvalue weighted by atomic mass is 16.5. The quantitative estimate of drug-likeness (QED) is 0.779. The van der Waals surface area contributed by atoms with Gasteiger partial charge in [-0.05, 0) is 69.7 Å². The number of fused-ring (bicyclic) bond motifs is 3. The number of hydrogen-bond donors (Lipinski definition) is 2. The van der Waals surface area contributed by atoms with Gasteiger partial charge in [0.1, 0.15) is 17.4 Å². The Morgan fingerprint density at radius 1 is 1.19 bits per heavy atom. The lowest BCUT2D eigenvalue weighted by molar-refractivity contribution is -0.142. The monoisotopic (exact) mass is 373 g/mol. The van der Waals surface area contributed by atoms with E-state index in [-0.39, 0.29) is 5.63 Å². The Hall–Kier alpha value is -2.83. The van der Waals surface area contributed by atoms with Crippen LogP contribution in [0.25, 0.3) is 11.0 Å². The smallest absolute Gasteiger partial charge is 0.339 e. The number of aliphatic carboxylic acids is 1. The van der Waals surface area contributed by atoms with E-state index in [1.807, 2.05) is 13.0 Å². The first-order valence-electron chi connectivity index (χ1n) is 9.07. The molecule has 0 fully saturated rings. The molecule has 0 spiro atoms. The molecular weight excluding hydrogens is 350 g/mol. The number of carbonyl (C=O) groups excluding carboxylic acids is 1. The SMILES string of the molecule is Cc1cc(OC(C)C(=O)N[C@@H](C)C(=O)O)c2c3c(c(=O)oc2c1)CCCC3. The van der Waals surface area contributed by atoms with Crippen molar-refractivity contribution in [2.45, 2.75) is 58.6 Å². The van der Waals surface area contributed by atoms with Gasteiger partial charge in [-0.2, -0.15) is 0 Å². The molecule has 1 aromatic heterocycles. The van der Waals surface area contributed by atoms with Crippen molar-refractivity contribution in [3.8, 4) is 5.75 Å². The largest absolute Gasteiger partial charge is 0.480 e. The minimum atomic E-state index is -1.12. The van der Waals surface area contributed by atoms with Crippen LogP contribution in [0.15, 0.2) is 21.3 Å². The van der Waals surface area contributed by atoms with Gasteiger partial charge in [0, 0.05) is 5.56 Å². The first-order valence-corrected chi connectivity index (χ1v) is 9.07. The first kappa shape index (κ1) is 18.9. The lowest BCUT2D eigenvalue weighted by atomic mass is 9.90. The standard InChI is InChI=1S/C20H23NO6/c1-10-8-15(26-12(3)18(22)21-11(2)19(23)24)17-13-6-4-5-7-14(13)20(25)27-16(17)9-10/h8-9,11-12H,4-7H2,1-3H3,(H,21,22)(H,23,24)/t11-,12?/m0/s1. The fourth-order valence-corrected chi connectivity index (χ4v) is 3.40. The van der Waals surface area contributed by atoms with Crippen LogP contribution in [0, 0.1) is 6.92 Å². The summed E-state index contributed by atoms with van der Waals surface area (Å²) in [4.78, 5) is 35.5. The minimum absolute atomic E-state index is 0.310. The third-order valence-corrected chi connectivity index (χ3v) is 4.83. The molecule has 0 aliphatic heterocycles. The second-order valence-corrected chi connectivity index (χ2v) is 7.02. The van der Waals surface area contributed by atoms with E-state index < -0.39 is 24.0 Å². The number of carboxylic acids is 1. The van der Waals surface area contributed by atoms with Crippen LogP contribution in [0.2, 0.25) is 0 Å². The van der Waals surface area contributed by atoms with Crippen molar-refractivity contribution >= 4 is 22.8 Å². The number of benzene rings is 1. The van der Waals surface area contributed by atoms with Gasteiger partial charge in [-0.1, -0.05) is 0 Å². The third-order valence-electron chi connectivity index (χ3n) is 4.83. The van der Waals surface area contributed by atoms with E-state index in [2.05, 4.69) is 5.32 Å². The van der Waals surface area contributed by atoms with Crippen LogP contribution in [0.3, 0.4) is 0 Å². The summed E-state index contributed by atoms with van der Waals surface area (Å²) in [5.74, 6) is -1.17. The first-order chi connectivity index (χ1) is 12.8. The van der Waals surface area contributed by atoms with Crippen molar-refractivity contribution < 1.29 is 23.8 Å². The van der Waals surface area contributed by atoms with E-state index in [1.54, 1.807) is 13.0 Å². The van der Waals surface area contributed by atoms with Crippen molar-refractivity contribution in [3.05, 3.63) is 39.2 Å². The highest BCUT2D eigenvalue weighted by Gasteiger charge is 2.24. The summed E-state index contributed by atoms with van der Waals surface area (Å²) in [7, 11) is 0. The second kappa shape index (κ2) is 7.42. The normalized spacial score (nSPS) is 15.7. The van der Waals surface area contributed by atoms with Crippen LogP contribution >= 0.6 is 0 Å². The van der Waals surface area contributed by atoms with Gasteiger partial charge in [0.15, 0.2) is 6.10 Å². The molecule has 3 rings (SSSR count). The summed E-state index contributed by atoms with van der Waals surface area (Å²) >= 11 is 0. The number of carboxylic acid groups (broad SMARTS) is 1. The molecule has 1 amide bonds. The molecule has 1 heterocycles. The lowest BCUT2D eigenvalue weighted by Crippen LogP contribution is -2.44. The van der Waals surface area contributed by atoms with Gasteiger partial charge in [-0.15, -0.1) is 0 Å². The Labute approximate surface area is 156 Å². The van der Waals surface area contributed by atoms with Gasteiger partial charge >= 0.3 is 11.6 Å². The molecule has 0 saturated heterocycles. The highest BCUT2D eigenvalue weighted by molar-refractivity contribution is 5.90. The molecule has 2 aromatic rings. The molecule has 1 aliphatic rings. The third kappa shape index (κ3) is 3.82. The minimum Gasteiger partial charge on any atom is -0.480 e. The second-order valence-electron chi connectivity index (χ2n) is 7.02. The van der Waals surface area contributed by atoms with Gasteiger partial charge in [0.05, 0.1) is 5.39 Å². The summed E-state index contributed by atoms with van der Waals surface area (Å²) < 4.78 is 11.4. The van der Waals surface area contributed by atoms with Gasteiger partial charge in [-0.25, -0.2) is 4.79 Å². The lowest BCUT2D eigenvalue weighted by Gasteiger charge is -2.21. The molecule has 1 unspecified atom stereocenters. The predicted molar refractivity (Wildman–Crippen MR) is 99.2 cm³/mol. The van der Waals surface area contributed by atoms with E-state index in [4.69, 9.17) is 14.3 Å². The summed E-state index contributed by atoms with van der Waals surface area (Å²) in [6, 6.07) is 2.58. The van der Waals surface area contributed by atoms with Crippen LogP contribution in [0.1, 0.15) is 43.4 Å². The Morgan fingerprint density at radius 3 is 2.52 bits per heavy atom. The van der Waals surface area contributed by atoms with Gasteiger partial charge in [0.2, 0.25) is 0 Å². The van der Waals surface area contributed by atoms with Crippen molar-refractivity contribution in [2.24, 2.45) is 0 Å². The zero-order chi connectivity index (χ0) is 19.7. The summed E-state index contributed by atoms with van der Waals surface area (Å²) in [5, 5.41) is 12.1. The average Bonchev–Trinajstić information content (AvgIpc) is 2.61. The molecule has 2 N–H and O–H groups in total. The van der Waals surface area contributed by atoms with Crippen LogP contribution in [-0.2, 0) is 22.4 Å². The maximum atomic E-state index is 12.3. The Morgan fingerprint density at radius 2 is 1.85 bits per heavy atom. The van der Waals surface area contributed by atoms with Gasteiger partial charge in [-0.3, -0.25) is 9.59 Å². The maximum absolute atomic E-state index is 12.3. The molecule has 7 heteroatoms. The summed E-state index contributed by atoms with van der Waals surface area (Å²) in [5.41, 5.74) is 2.58. The number of ether oxygens (including phenoxy) is 1. The number of aryl methyl sites for hydroxylation is 2. The number of carbonyl (C=O) groups is 2. The Kier molecular flexibility index (Phi) is 5.21. The van der Waals surface area contributed by atoms with Crippen molar-refractivity contribution in [3.63, 3.8) is 0 Å². The number of nitrogens with one attached hydrogen (secondary N) is 1. The topological polar surface area (TPSA) is 106 Å². The predicted octanol–water partition coefficient (Wildman–Crippen LogP) is 2.34. The molecule has 7 nitrogen and oxygen atoms in total. The highest BCUT2D eigenvalue weighted by Crippen LogP contribution is 2.35. The van der Waals surface area contributed by atoms with Crippen LogP contribution in [-0.4, -0.2) is 29.1 Å². The fraction of sp³-hybridized carbons (Fsp3) is 0.450. The molecule has 2 atom stereocenters. The Bertz CT molecular complexity index is 961. The number of amides is 1. The molecular formula is C20H23NO6. The molecule has 0 radical (unpaired) electrons. The van der Waals surface area contributed by atoms with Crippen molar-refractivity contribution in [1.29, 1.82) is 0 Å². The summed E-state index contributed by atoms with van der Waals surface area (Å²) in [6.45, 7) is 4.80. The molecule has 1 aliphatic carbocycles. The summed E-state index contributed by atoms with van der Waals surface area (Å²) in [6.07, 6.45) is 2.45. The van der Waals surface area contributed by atoms with E-state index in [9.17, 15) is 14.4 Å². The average molecular weight is 373 g/mol. The van der Waals surface area contributed by atoms with Gasteiger partial charge in [0.25, 0.3) is 5.91 Å². The molecule has 1 aromatic carbocycles. The van der Waals surface area contributed by atoms with E-state index >= 15 is 0 Å². The maximum Gasteiger partial charge on any atom is 0.339 e. The van der Waals surface area contributed by atoms with Crippen LogP contribution in [0.4, 0.5) is 0 Å². The van der Waals surface area contributed by atoms with Crippen LogP contribution in [0.5, 0.6) is 5.75 Å². The fourth-order valence-electron chi connectivity index (χ4n) is 3.40. The van der Waals surface area contributed by atoms with E-state index in [0.717, 1.165) is 35.8 Å². The van der Waals surface area contributed by atoms with E-state index in [1.165, 1.54) is 6.92 Å². The Balaban J connectivity index is 2.00. The van der Waals surface area contributed by atoms with Crippen molar-refractivity contribution in [1.82, 2.24) is 5.32 Å². The molecule has 0 saturated carbocycles. The van der Waals surface area contributed by atoms with Crippen molar-refractivity contribution in [2.75, 3.05) is 0 Å². The number of hydrogen-bond acceptors (Lipinski definition) is 5. The molecule has 27 heavy (non-hydrogen) atoms.